The molecule has 0 unspecified atom stereocenters. The molecule has 0 aliphatic rings. The third kappa shape index (κ3) is 5.18. The fraction of sp³-hybridized carbons (Fsp3) is 0.143. The Balaban J connectivity index is 0.000000219. The highest BCUT2D eigenvalue weighted by molar-refractivity contribution is 7.97. The van der Waals surface area contributed by atoms with Gasteiger partial charge in [0.25, 0.3) is 0 Å². The largest absolute Gasteiger partial charge is 0.396 e. The summed E-state index contributed by atoms with van der Waals surface area (Å²) in [5.41, 5.74) is 11.0. The minimum Gasteiger partial charge on any atom is -0.396 e. The van der Waals surface area contributed by atoms with Crippen molar-refractivity contribution in [2.75, 3.05) is 17.7 Å². The quantitative estimate of drug-likeness (QED) is 0.651. The molecule has 2 aromatic rings. The molecule has 114 valence electrons. The van der Waals surface area contributed by atoms with Gasteiger partial charge in [-0.25, -0.2) is 17.6 Å². The van der Waals surface area contributed by atoms with Gasteiger partial charge in [-0.3, -0.25) is 0 Å². The maximum Gasteiger partial charge on any atom is 0.149 e. The number of rotatable bonds is 2. The van der Waals surface area contributed by atoms with E-state index in [9.17, 15) is 17.6 Å². The Labute approximate surface area is 124 Å². The molecule has 0 bridgehead atoms. The van der Waals surface area contributed by atoms with Crippen molar-refractivity contribution in [2.45, 2.75) is 5.75 Å². The smallest absolute Gasteiger partial charge is 0.149 e. The average molecular weight is 318 g/mol. The van der Waals surface area contributed by atoms with Gasteiger partial charge in [0, 0.05) is 17.9 Å². The molecule has 0 saturated carbocycles. The molecule has 4 N–H and O–H groups in total. The van der Waals surface area contributed by atoms with Gasteiger partial charge >= 0.3 is 0 Å². The van der Waals surface area contributed by atoms with E-state index in [2.05, 4.69) is 0 Å². The zero-order valence-electron chi connectivity index (χ0n) is 11.2. The summed E-state index contributed by atoms with van der Waals surface area (Å²) >= 11 is 1.47. The molecule has 2 rings (SSSR count). The lowest BCUT2D eigenvalue weighted by Crippen LogP contribution is -1.98. The number of anilines is 2. The van der Waals surface area contributed by atoms with Crippen molar-refractivity contribution in [1.29, 1.82) is 0 Å². The summed E-state index contributed by atoms with van der Waals surface area (Å²) < 4.78 is 49.7. The van der Waals surface area contributed by atoms with Crippen molar-refractivity contribution in [3.63, 3.8) is 0 Å². The maximum absolute atomic E-state index is 12.8. The first-order valence-corrected chi connectivity index (χ1v) is 7.17. The molecule has 2 nitrogen and oxygen atoms in total. The van der Waals surface area contributed by atoms with Gasteiger partial charge in [0.05, 0.1) is 11.4 Å². The number of halogens is 4. The fourth-order valence-electron chi connectivity index (χ4n) is 1.41. The first-order chi connectivity index (χ1) is 9.85. The molecule has 2 aromatic carbocycles. The van der Waals surface area contributed by atoms with Gasteiger partial charge in [-0.05, 0) is 30.0 Å². The molecule has 0 radical (unpaired) electrons. The van der Waals surface area contributed by atoms with Crippen LogP contribution in [-0.2, 0) is 5.75 Å². The first-order valence-electron chi connectivity index (χ1n) is 5.78. The topological polar surface area (TPSA) is 52.0 Å². The minimum absolute atomic E-state index is 0.0311. The van der Waals surface area contributed by atoms with E-state index >= 15 is 0 Å². The van der Waals surface area contributed by atoms with Crippen LogP contribution < -0.4 is 11.5 Å². The highest BCUT2D eigenvalue weighted by atomic mass is 32.2. The fourth-order valence-corrected chi connectivity index (χ4v) is 1.96. The Morgan fingerprint density at radius 1 is 0.905 bits per heavy atom. The van der Waals surface area contributed by atoms with Crippen molar-refractivity contribution in [2.24, 2.45) is 0 Å². The molecular weight excluding hydrogens is 304 g/mol. The van der Waals surface area contributed by atoms with E-state index in [1.165, 1.54) is 23.9 Å². The Hall–Kier alpha value is -1.89. The van der Waals surface area contributed by atoms with E-state index in [1.807, 2.05) is 6.26 Å². The van der Waals surface area contributed by atoms with E-state index < -0.39 is 23.3 Å². The lowest BCUT2D eigenvalue weighted by molar-refractivity contribution is 0.584. The summed E-state index contributed by atoms with van der Waals surface area (Å²) in [6.45, 7) is 0. The van der Waals surface area contributed by atoms with Gasteiger partial charge in [0.15, 0.2) is 0 Å². The van der Waals surface area contributed by atoms with Crippen molar-refractivity contribution in [3.05, 3.63) is 59.2 Å². The molecule has 21 heavy (non-hydrogen) atoms. The number of benzene rings is 2. The second-order valence-corrected chi connectivity index (χ2v) is 4.93. The van der Waals surface area contributed by atoms with Crippen molar-refractivity contribution >= 4 is 23.1 Å². The SMILES string of the molecule is CSCc1cc(F)cc(F)c1N.Nc1ccc(F)cc1F. The first kappa shape index (κ1) is 17.2. The summed E-state index contributed by atoms with van der Waals surface area (Å²) in [5, 5.41) is 0. The highest BCUT2D eigenvalue weighted by Crippen LogP contribution is 2.21. The van der Waals surface area contributed by atoms with E-state index in [0.29, 0.717) is 11.3 Å². The molecule has 0 aliphatic carbocycles. The highest BCUT2D eigenvalue weighted by Gasteiger charge is 2.06. The van der Waals surface area contributed by atoms with Crippen LogP contribution in [0.25, 0.3) is 0 Å². The predicted molar refractivity (Wildman–Crippen MR) is 78.8 cm³/mol. The molecule has 0 amide bonds. The van der Waals surface area contributed by atoms with Crippen LogP contribution in [0.4, 0.5) is 28.9 Å². The lowest BCUT2D eigenvalue weighted by atomic mass is 10.2. The number of hydrogen-bond acceptors (Lipinski definition) is 3. The second kappa shape index (κ2) is 7.78. The Morgan fingerprint density at radius 2 is 1.52 bits per heavy atom. The molecule has 0 atom stereocenters. The van der Waals surface area contributed by atoms with Crippen LogP contribution >= 0.6 is 11.8 Å². The number of thioether (sulfide) groups is 1. The predicted octanol–water partition coefficient (Wildman–Crippen LogP) is 3.96. The van der Waals surface area contributed by atoms with E-state index in [0.717, 1.165) is 18.2 Å². The van der Waals surface area contributed by atoms with Crippen LogP contribution in [0, 0.1) is 23.3 Å². The number of nitrogen functional groups attached to an aromatic ring is 2. The Morgan fingerprint density at radius 3 is 2.05 bits per heavy atom. The standard InChI is InChI=1S/C8H9F2NS.C6H5F2N/c1-12-4-5-2-6(9)3-7(10)8(5)11;7-4-1-2-6(9)5(8)3-4/h2-3H,4,11H2,1H3;1-3H,9H2. The maximum atomic E-state index is 12.8. The summed E-state index contributed by atoms with van der Waals surface area (Å²) in [7, 11) is 0. The minimum atomic E-state index is -0.713. The summed E-state index contributed by atoms with van der Waals surface area (Å²) in [4.78, 5) is 0. The van der Waals surface area contributed by atoms with Crippen LogP contribution in [0.15, 0.2) is 30.3 Å². The number of hydrogen-bond donors (Lipinski definition) is 2. The molecular formula is C14H14F4N2S. The summed E-state index contributed by atoms with van der Waals surface area (Å²) in [6, 6.07) is 5.09. The van der Waals surface area contributed by atoms with Gasteiger partial charge in [0.2, 0.25) is 0 Å². The van der Waals surface area contributed by atoms with Crippen LogP contribution in [0.5, 0.6) is 0 Å². The Bertz CT molecular complexity index is 620. The van der Waals surface area contributed by atoms with Crippen LogP contribution in [0.2, 0.25) is 0 Å². The third-order valence-electron chi connectivity index (χ3n) is 2.44. The zero-order chi connectivity index (χ0) is 16.0. The average Bonchev–Trinajstić information content (AvgIpc) is 2.41. The van der Waals surface area contributed by atoms with Crippen molar-refractivity contribution in [1.82, 2.24) is 0 Å². The normalized spacial score (nSPS) is 9.95. The third-order valence-corrected chi connectivity index (χ3v) is 3.04. The van der Waals surface area contributed by atoms with Gasteiger partial charge in [-0.2, -0.15) is 11.8 Å². The molecule has 0 heterocycles. The molecule has 0 spiro atoms. The number of nitrogens with two attached hydrogens (primary N) is 2. The molecule has 0 aromatic heterocycles. The molecule has 0 aliphatic heterocycles. The second-order valence-electron chi connectivity index (χ2n) is 4.06. The molecule has 7 heteroatoms. The van der Waals surface area contributed by atoms with Crippen LogP contribution in [0.1, 0.15) is 5.56 Å². The van der Waals surface area contributed by atoms with Crippen LogP contribution in [-0.4, -0.2) is 6.26 Å². The summed E-state index contributed by atoms with van der Waals surface area (Å²) in [5.74, 6) is -2.05. The van der Waals surface area contributed by atoms with Gasteiger partial charge < -0.3 is 11.5 Å². The van der Waals surface area contributed by atoms with E-state index in [-0.39, 0.29) is 11.4 Å². The van der Waals surface area contributed by atoms with Crippen LogP contribution in [0.3, 0.4) is 0 Å². The Kier molecular flexibility index (Phi) is 6.36. The molecule has 0 saturated heterocycles. The monoisotopic (exact) mass is 318 g/mol. The molecule has 0 fully saturated rings. The van der Waals surface area contributed by atoms with E-state index in [4.69, 9.17) is 11.5 Å². The van der Waals surface area contributed by atoms with Gasteiger partial charge in [-0.1, -0.05) is 0 Å². The lowest BCUT2D eigenvalue weighted by Gasteiger charge is -2.04. The van der Waals surface area contributed by atoms with Crippen molar-refractivity contribution < 1.29 is 17.6 Å². The van der Waals surface area contributed by atoms with E-state index in [1.54, 1.807) is 0 Å². The van der Waals surface area contributed by atoms with Gasteiger partial charge in [0.1, 0.15) is 23.3 Å². The van der Waals surface area contributed by atoms with Gasteiger partial charge in [-0.15, -0.1) is 0 Å². The zero-order valence-corrected chi connectivity index (χ0v) is 12.0. The van der Waals surface area contributed by atoms with Crippen molar-refractivity contribution in [3.8, 4) is 0 Å². The summed E-state index contributed by atoms with van der Waals surface area (Å²) in [6.07, 6.45) is 1.85.